The summed E-state index contributed by atoms with van der Waals surface area (Å²) in [5, 5.41) is 0.977. The van der Waals surface area contributed by atoms with Crippen LogP contribution in [-0.2, 0) is 0 Å². The number of para-hydroxylation sites is 1. The van der Waals surface area contributed by atoms with Gasteiger partial charge in [-0.2, -0.15) is 0 Å². The Kier molecular flexibility index (Phi) is 5.76. The zero-order chi connectivity index (χ0) is 15.4. The molecule has 3 nitrogen and oxygen atoms in total. The van der Waals surface area contributed by atoms with Crippen molar-refractivity contribution in [1.82, 2.24) is 0 Å². The Morgan fingerprint density at radius 2 is 1.86 bits per heavy atom. The summed E-state index contributed by atoms with van der Waals surface area (Å²) in [6.07, 6.45) is -0.379. The van der Waals surface area contributed by atoms with Crippen LogP contribution >= 0.6 is 39.1 Å². The van der Waals surface area contributed by atoms with Crippen molar-refractivity contribution in [2.45, 2.75) is 6.10 Å². The highest BCUT2D eigenvalue weighted by Gasteiger charge is 2.18. The molecule has 0 aliphatic rings. The molecule has 0 saturated heterocycles. The number of methoxy groups -OCH3 is 1. The van der Waals surface area contributed by atoms with E-state index < -0.39 is 0 Å². The summed E-state index contributed by atoms with van der Waals surface area (Å²) in [6, 6.07) is 10.9. The molecule has 2 rings (SSSR count). The minimum atomic E-state index is -0.379. The summed E-state index contributed by atoms with van der Waals surface area (Å²) in [5.74, 6) is 1.19. The van der Waals surface area contributed by atoms with Crippen molar-refractivity contribution in [3.63, 3.8) is 0 Å². The number of benzene rings is 2. The maximum atomic E-state index is 6.18. The van der Waals surface area contributed by atoms with Crippen LogP contribution in [0.5, 0.6) is 11.5 Å². The third kappa shape index (κ3) is 3.83. The van der Waals surface area contributed by atoms with Crippen LogP contribution in [0, 0.1) is 0 Å². The average molecular weight is 391 g/mol. The van der Waals surface area contributed by atoms with Crippen molar-refractivity contribution in [3.8, 4) is 11.5 Å². The third-order valence-corrected chi connectivity index (χ3v) is 4.44. The van der Waals surface area contributed by atoms with Crippen molar-refractivity contribution < 1.29 is 9.47 Å². The molecule has 0 saturated carbocycles. The summed E-state index contributed by atoms with van der Waals surface area (Å²) in [5.41, 5.74) is 6.69. The van der Waals surface area contributed by atoms with E-state index in [4.69, 9.17) is 38.4 Å². The topological polar surface area (TPSA) is 44.5 Å². The highest BCUT2D eigenvalue weighted by Crippen LogP contribution is 2.37. The molecule has 2 N–H and O–H groups in total. The molecule has 6 heteroatoms. The molecule has 0 aliphatic heterocycles. The highest BCUT2D eigenvalue weighted by atomic mass is 79.9. The molecule has 1 atom stereocenters. The predicted octanol–water partition coefficient (Wildman–Crippen LogP) is 4.84. The van der Waals surface area contributed by atoms with Crippen molar-refractivity contribution in [1.29, 1.82) is 0 Å². The average Bonchev–Trinajstić information content (AvgIpc) is 2.49. The summed E-state index contributed by atoms with van der Waals surface area (Å²) in [6.45, 7) is 0.282. The lowest BCUT2D eigenvalue weighted by molar-refractivity contribution is 0.209. The van der Waals surface area contributed by atoms with E-state index in [-0.39, 0.29) is 12.6 Å². The van der Waals surface area contributed by atoms with E-state index in [1.54, 1.807) is 19.2 Å². The molecule has 0 aliphatic carbocycles. The molecule has 2 aromatic carbocycles. The van der Waals surface area contributed by atoms with Gasteiger partial charge >= 0.3 is 0 Å². The van der Waals surface area contributed by atoms with Crippen LogP contribution < -0.4 is 15.2 Å². The first-order valence-corrected chi connectivity index (χ1v) is 7.76. The van der Waals surface area contributed by atoms with Gasteiger partial charge < -0.3 is 15.2 Å². The zero-order valence-corrected chi connectivity index (χ0v) is 14.4. The summed E-state index contributed by atoms with van der Waals surface area (Å²) >= 11 is 15.6. The molecule has 0 fully saturated rings. The van der Waals surface area contributed by atoms with Gasteiger partial charge in [0.25, 0.3) is 0 Å². The van der Waals surface area contributed by atoms with E-state index in [1.807, 2.05) is 24.3 Å². The Bertz CT molecular complexity index is 637. The number of nitrogens with two attached hydrogens (primary N) is 1. The molecule has 2 aromatic rings. The van der Waals surface area contributed by atoms with Gasteiger partial charge in [-0.1, -0.05) is 41.4 Å². The molecule has 0 amide bonds. The maximum Gasteiger partial charge on any atom is 0.140 e. The molecule has 112 valence electrons. The van der Waals surface area contributed by atoms with Gasteiger partial charge in [-0.15, -0.1) is 0 Å². The van der Waals surface area contributed by atoms with E-state index in [1.165, 1.54) is 0 Å². The lowest BCUT2D eigenvalue weighted by atomic mass is 10.1. The van der Waals surface area contributed by atoms with Crippen LogP contribution in [-0.4, -0.2) is 13.7 Å². The van der Waals surface area contributed by atoms with Crippen LogP contribution in [0.2, 0.25) is 10.0 Å². The maximum absolute atomic E-state index is 6.18. The van der Waals surface area contributed by atoms with Gasteiger partial charge in [0, 0.05) is 22.6 Å². The van der Waals surface area contributed by atoms with Crippen LogP contribution in [0.1, 0.15) is 11.7 Å². The second kappa shape index (κ2) is 7.36. The first-order chi connectivity index (χ1) is 10.1. The fraction of sp³-hybridized carbons (Fsp3) is 0.200. The Morgan fingerprint density at radius 3 is 2.52 bits per heavy atom. The van der Waals surface area contributed by atoms with Gasteiger partial charge in [-0.25, -0.2) is 0 Å². The molecule has 21 heavy (non-hydrogen) atoms. The molecule has 0 aromatic heterocycles. The summed E-state index contributed by atoms with van der Waals surface area (Å²) < 4.78 is 12.0. The Hall–Kier alpha value is -0.940. The highest BCUT2D eigenvalue weighted by molar-refractivity contribution is 9.10. The van der Waals surface area contributed by atoms with Crippen molar-refractivity contribution in [2.24, 2.45) is 5.73 Å². The fourth-order valence-corrected chi connectivity index (χ4v) is 2.76. The summed E-state index contributed by atoms with van der Waals surface area (Å²) in [7, 11) is 1.61. The second-order valence-electron chi connectivity index (χ2n) is 4.28. The Morgan fingerprint density at radius 1 is 1.14 bits per heavy atom. The van der Waals surface area contributed by atoms with Gasteiger partial charge in [0.15, 0.2) is 0 Å². The first kappa shape index (κ1) is 16.4. The molecule has 1 unspecified atom stereocenters. The number of hydrogen-bond donors (Lipinski definition) is 1. The van der Waals surface area contributed by atoms with Crippen LogP contribution in [0.4, 0.5) is 0 Å². The molecule has 0 bridgehead atoms. The minimum absolute atomic E-state index is 0.282. The Balaban J connectivity index is 2.33. The zero-order valence-electron chi connectivity index (χ0n) is 11.3. The van der Waals surface area contributed by atoms with Crippen LogP contribution in [0.3, 0.4) is 0 Å². The van der Waals surface area contributed by atoms with Crippen molar-refractivity contribution in [2.75, 3.05) is 13.7 Å². The van der Waals surface area contributed by atoms with Gasteiger partial charge in [-0.05, 0) is 28.1 Å². The summed E-state index contributed by atoms with van der Waals surface area (Å²) in [4.78, 5) is 0. The van der Waals surface area contributed by atoms with Gasteiger partial charge in [0.2, 0.25) is 0 Å². The smallest absolute Gasteiger partial charge is 0.140 e. The number of ether oxygens (including phenoxy) is 2. The quantitative estimate of drug-likeness (QED) is 0.742. The van der Waals surface area contributed by atoms with E-state index in [0.717, 1.165) is 5.56 Å². The lowest BCUT2D eigenvalue weighted by Crippen LogP contribution is -2.19. The predicted molar refractivity (Wildman–Crippen MR) is 89.6 cm³/mol. The third-order valence-electron chi connectivity index (χ3n) is 2.94. The molecular formula is C15H14BrCl2NO2. The molecule has 0 radical (unpaired) electrons. The van der Waals surface area contributed by atoms with Crippen molar-refractivity contribution in [3.05, 3.63) is 56.5 Å². The standard InChI is InChI=1S/C15H14BrCl2NO2/c1-20-13-5-3-2-4-9(13)15(8-19)21-14-7-11(17)10(16)6-12(14)18/h2-7,15H,8,19H2,1H3. The monoisotopic (exact) mass is 389 g/mol. The number of halogens is 3. The largest absolute Gasteiger partial charge is 0.496 e. The van der Waals surface area contributed by atoms with E-state index in [0.29, 0.717) is 26.0 Å². The van der Waals surface area contributed by atoms with Gasteiger partial charge in [0.05, 0.1) is 17.2 Å². The van der Waals surface area contributed by atoms with Gasteiger partial charge in [0.1, 0.15) is 17.6 Å². The first-order valence-electron chi connectivity index (χ1n) is 6.21. The molecule has 0 heterocycles. The Labute approximate surface area is 142 Å². The second-order valence-corrected chi connectivity index (χ2v) is 5.95. The van der Waals surface area contributed by atoms with E-state index in [9.17, 15) is 0 Å². The van der Waals surface area contributed by atoms with Crippen LogP contribution in [0.15, 0.2) is 40.9 Å². The van der Waals surface area contributed by atoms with E-state index in [2.05, 4.69) is 15.9 Å². The normalized spacial score (nSPS) is 12.0. The number of rotatable bonds is 5. The fourth-order valence-electron chi connectivity index (χ4n) is 1.92. The minimum Gasteiger partial charge on any atom is -0.496 e. The lowest BCUT2D eigenvalue weighted by Gasteiger charge is -2.21. The van der Waals surface area contributed by atoms with Crippen molar-refractivity contribution >= 4 is 39.1 Å². The SMILES string of the molecule is COc1ccccc1C(CN)Oc1cc(Cl)c(Br)cc1Cl. The molecular weight excluding hydrogens is 377 g/mol. The van der Waals surface area contributed by atoms with Gasteiger partial charge in [-0.3, -0.25) is 0 Å². The van der Waals surface area contributed by atoms with E-state index >= 15 is 0 Å². The van der Waals surface area contributed by atoms with Crippen LogP contribution in [0.25, 0.3) is 0 Å². The molecule has 0 spiro atoms. The number of hydrogen-bond acceptors (Lipinski definition) is 3.